The Hall–Kier alpha value is -1.99. The lowest BCUT2D eigenvalue weighted by molar-refractivity contribution is 0.585. The zero-order valence-corrected chi connectivity index (χ0v) is 16.0. The number of benzene rings is 1. The number of nitrogens with zero attached hydrogens (tertiary/aromatic N) is 2. The predicted molar refractivity (Wildman–Crippen MR) is 95.6 cm³/mol. The van der Waals surface area contributed by atoms with Crippen molar-refractivity contribution >= 4 is 16.0 Å². The van der Waals surface area contributed by atoms with Gasteiger partial charge in [-0.1, -0.05) is 0 Å². The molecule has 24 heavy (non-hydrogen) atoms. The third-order valence-electron chi connectivity index (χ3n) is 4.48. The fraction of sp³-hybridized carbons (Fsp3) is 0.412. The normalized spacial score (nSPS) is 11.6. The Labute approximate surface area is 143 Å². The zero-order valence-electron chi connectivity index (χ0n) is 15.2. The molecular formula is C17H24N4O2S. The number of hydrazine groups is 1. The van der Waals surface area contributed by atoms with E-state index in [1.54, 1.807) is 0 Å². The number of nitrogens with one attached hydrogen (secondary N) is 2. The van der Waals surface area contributed by atoms with Crippen molar-refractivity contribution in [2.45, 2.75) is 53.4 Å². The number of aryl methyl sites for hydroxylation is 2. The first-order valence-corrected chi connectivity index (χ1v) is 9.20. The van der Waals surface area contributed by atoms with Crippen molar-refractivity contribution < 1.29 is 8.42 Å². The van der Waals surface area contributed by atoms with Crippen LogP contribution in [0.15, 0.2) is 11.0 Å². The monoisotopic (exact) mass is 348 g/mol. The molecule has 0 aliphatic heterocycles. The van der Waals surface area contributed by atoms with Gasteiger partial charge in [0.15, 0.2) is 0 Å². The van der Waals surface area contributed by atoms with Gasteiger partial charge in [-0.25, -0.2) is 18.4 Å². The highest BCUT2D eigenvalue weighted by Crippen LogP contribution is 2.29. The summed E-state index contributed by atoms with van der Waals surface area (Å²) in [5, 5.41) is 0. The Morgan fingerprint density at radius 2 is 1.17 bits per heavy atom. The van der Waals surface area contributed by atoms with Crippen LogP contribution in [0.3, 0.4) is 0 Å². The third kappa shape index (κ3) is 3.42. The molecule has 0 radical (unpaired) electrons. The van der Waals surface area contributed by atoms with Gasteiger partial charge < -0.3 is 0 Å². The fourth-order valence-electron chi connectivity index (χ4n) is 2.81. The Morgan fingerprint density at radius 1 is 0.750 bits per heavy atom. The van der Waals surface area contributed by atoms with Crippen LogP contribution in [0.2, 0.25) is 0 Å². The van der Waals surface area contributed by atoms with Crippen LogP contribution in [0.1, 0.15) is 39.2 Å². The van der Waals surface area contributed by atoms with E-state index in [2.05, 4.69) is 20.2 Å². The van der Waals surface area contributed by atoms with E-state index in [1.165, 1.54) is 0 Å². The lowest BCUT2D eigenvalue weighted by Gasteiger charge is -2.19. The van der Waals surface area contributed by atoms with Crippen LogP contribution in [0.25, 0.3) is 0 Å². The molecule has 2 rings (SSSR count). The molecule has 0 saturated heterocycles. The summed E-state index contributed by atoms with van der Waals surface area (Å²) in [6, 6.07) is 1.82. The number of sulfonamides is 1. The van der Waals surface area contributed by atoms with Crippen LogP contribution >= 0.6 is 0 Å². The van der Waals surface area contributed by atoms with Crippen molar-refractivity contribution in [3.8, 4) is 0 Å². The summed E-state index contributed by atoms with van der Waals surface area (Å²) in [7, 11) is -3.75. The second-order valence-corrected chi connectivity index (χ2v) is 7.78. The van der Waals surface area contributed by atoms with Gasteiger partial charge in [-0.3, -0.25) is 5.43 Å². The Bertz CT molecular complexity index is 856. The Balaban J connectivity index is 2.41. The van der Waals surface area contributed by atoms with Gasteiger partial charge in [0.05, 0.1) is 4.90 Å². The minimum Gasteiger partial charge on any atom is -0.276 e. The number of hydrogen-bond donors (Lipinski definition) is 2. The highest BCUT2D eigenvalue weighted by Gasteiger charge is 2.23. The topological polar surface area (TPSA) is 84.0 Å². The highest BCUT2D eigenvalue weighted by atomic mass is 32.2. The van der Waals surface area contributed by atoms with E-state index >= 15 is 0 Å². The van der Waals surface area contributed by atoms with Crippen molar-refractivity contribution in [3.63, 3.8) is 0 Å². The molecule has 1 aromatic carbocycles. The molecule has 0 bridgehead atoms. The fourth-order valence-corrected chi connectivity index (χ4v) is 4.25. The van der Waals surface area contributed by atoms with Gasteiger partial charge in [0, 0.05) is 11.4 Å². The van der Waals surface area contributed by atoms with Crippen molar-refractivity contribution in [1.29, 1.82) is 0 Å². The SMILES string of the molecule is Cc1cc(C)nc(NNS(=O)(=O)c2c(C)c(C)c(C)c(C)c2C)n1. The smallest absolute Gasteiger partial charge is 0.257 e. The van der Waals surface area contributed by atoms with E-state index in [-0.39, 0.29) is 5.95 Å². The molecule has 0 aliphatic carbocycles. The van der Waals surface area contributed by atoms with Crippen molar-refractivity contribution in [2.75, 3.05) is 5.43 Å². The van der Waals surface area contributed by atoms with Gasteiger partial charge >= 0.3 is 0 Å². The van der Waals surface area contributed by atoms with Gasteiger partial charge in [-0.15, -0.1) is 4.83 Å². The minimum atomic E-state index is -3.75. The molecule has 130 valence electrons. The summed E-state index contributed by atoms with van der Waals surface area (Å²) in [6.07, 6.45) is 0. The molecule has 0 spiro atoms. The van der Waals surface area contributed by atoms with Crippen LogP contribution in [-0.2, 0) is 10.0 Å². The van der Waals surface area contributed by atoms with Gasteiger partial charge in [0.2, 0.25) is 5.95 Å². The summed E-state index contributed by atoms with van der Waals surface area (Å²) in [6.45, 7) is 13.2. The maximum Gasteiger partial charge on any atom is 0.257 e. The average Bonchev–Trinajstić information content (AvgIpc) is 2.48. The first-order chi connectivity index (χ1) is 11.0. The summed E-state index contributed by atoms with van der Waals surface area (Å²) in [5.74, 6) is 0.229. The maximum atomic E-state index is 12.8. The minimum absolute atomic E-state index is 0.229. The van der Waals surface area contributed by atoms with Crippen molar-refractivity contribution in [2.24, 2.45) is 0 Å². The van der Waals surface area contributed by atoms with Crippen LogP contribution in [0.5, 0.6) is 0 Å². The Morgan fingerprint density at radius 3 is 1.62 bits per heavy atom. The first kappa shape index (κ1) is 18.4. The second-order valence-electron chi connectivity index (χ2n) is 6.16. The molecule has 0 amide bonds. The van der Waals surface area contributed by atoms with E-state index < -0.39 is 10.0 Å². The molecule has 0 saturated carbocycles. The number of anilines is 1. The number of aromatic nitrogens is 2. The van der Waals surface area contributed by atoms with E-state index in [1.807, 2.05) is 54.5 Å². The van der Waals surface area contributed by atoms with Crippen LogP contribution in [-0.4, -0.2) is 18.4 Å². The summed E-state index contributed by atoms with van der Waals surface area (Å²) in [5.41, 5.74) is 8.74. The molecule has 2 N–H and O–H groups in total. The summed E-state index contributed by atoms with van der Waals surface area (Å²) >= 11 is 0. The average molecular weight is 348 g/mol. The number of hydrogen-bond acceptors (Lipinski definition) is 5. The van der Waals surface area contributed by atoms with E-state index in [9.17, 15) is 8.42 Å². The molecule has 0 atom stereocenters. The Kier molecular flexibility index (Phi) is 4.96. The van der Waals surface area contributed by atoms with Gasteiger partial charge in [-0.2, -0.15) is 0 Å². The lowest BCUT2D eigenvalue weighted by atomic mass is 9.95. The molecule has 0 aliphatic rings. The molecule has 1 aromatic heterocycles. The largest absolute Gasteiger partial charge is 0.276 e. The second kappa shape index (κ2) is 6.49. The first-order valence-electron chi connectivity index (χ1n) is 7.71. The standard InChI is InChI=1S/C17H24N4O2S/c1-9-8-10(2)19-17(18-9)20-21-24(22,23)16-14(6)12(4)11(3)13(5)15(16)7/h8,21H,1-7H3,(H,18,19,20). The molecule has 2 aromatic rings. The third-order valence-corrected chi connectivity index (χ3v) is 6.00. The number of rotatable bonds is 4. The summed E-state index contributed by atoms with van der Waals surface area (Å²) < 4.78 is 25.6. The molecular weight excluding hydrogens is 324 g/mol. The van der Waals surface area contributed by atoms with Gasteiger partial charge in [-0.05, 0) is 82.3 Å². The highest BCUT2D eigenvalue weighted by molar-refractivity contribution is 7.89. The van der Waals surface area contributed by atoms with Crippen molar-refractivity contribution in [1.82, 2.24) is 14.8 Å². The predicted octanol–water partition coefficient (Wildman–Crippen LogP) is 2.94. The van der Waals surface area contributed by atoms with Crippen LogP contribution in [0, 0.1) is 48.5 Å². The molecule has 0 unspecified atom stereocenters. The molecule has 1 heterocycles. The maximum absolute atomic E-state index is 12.8. The van der Waals surface area contributed by atoms with E-state index in [4.69, 9.17) is 0 Å². The van der Waals surface area contributed by atoms with Gasteiger partial charge in [0.1, 0.15) is 0 Å². The van der Waals surface area contributed by atoms with E-state index in [0.29, 0.717) is 4.90 Å². The zero-order chi connectivity index (χ0) is 18.2. The molecule has 7 heteroatoms. The summed E-state index contributed by atoms with van der Waals surface area (Å²) in [4.78, 5) is 11.1. The quantitative estimate of drug-likeness (QED) is 0.830. The molecule has 0 fully saturated rings. The van der Waals surface area contributed by atoms with Crippen molar-refractivity contribution in [3.05, 3.63) is 45.3 Å². The van der Waals surface area contributed by atoms with E-state index in [0.717, 1.165) is 39.2 Å². The van der Waals surface area contributed by atoms with Crippen LogP contribution < -0.4 is 10.3 Å². The lowest BCUT2D eigenvalue weighted by Crippen LogP contribution is -2.32. The molecule has 6 nitrogen and oxygen atoms in total. The van der Waals surface area contributed by atoms with Crippen LogP contribution in [0.4, 0.5) is 5.95 Å². The van der Waals surface area contributed by atoms with Gasteiger partial charge in [0.25, 0.3) is 10.0 Å².